The average Bonchev–Trinajstić information content (AvgIpc) is 1.98. The van der Waals surface area contributed by atoms with Gasteiger partial charge in [-0.2, -0.15) is 0 Å². The molecule has 4 heteroatoms. The maximum atomic E-state index is 11.5. The topological polar surface area (TPSA) is 57.6 Å². The van der Waals surface area contributed by atoms with Gasteiger partial charge in [0.2, 0.25) is 5.91 Å². The first-order chi connectivity index (χ1) is 6.04. The normalized spacial score (nSPS) is 18.9. The number of nitrogens with zero attached hydrogens (tertiary/aromatic N) is 1. The number of amides is 1. The molecule has 1 fully saturated rings. The van der Waals surface area contributed by atoms with E-state index in [0.29, 0.717) is 0 Å². The molecule has 1 aliphatic rings. The maximum absolute atomic E-state index is 11.5. The van der Waals surface area contributed by atoms with Crippen molar-refractivity contribution in [3.05, 3.63) is 0 Å². The van der Waals surface area contributed by atoms with Crippen molar-refractivity contribution < 1.29 is 14.7 Å². The molecule has 1 rings (SSSR count). The van der Waals surface area contributed by atoms with E-state index in [1.165, 1.54) is 6.92 Å². The van der Waals surface area contributed by atoms with Crippen LogP contribution in [-0.4, -0.2) is 35.0 Å². The third-order valence-electron chi connectivity index (χ3n) is 2.71. The zero-order chi connectivity index (χ0) is 10.0. The molecule has 1 N–H and O–H groups in total. The van der Waals surface area contributed by atoms with Crippen molar-refractivity contribution in [2.45, 2.75) is 32.2 Å². The molecule has 1 atom stereocenters. The van der Waals surface area contributed by atoms with Crippen LogP contribution in [0.1, 0.15) is 26.2 Å². The summed E-state index contributed by atoms with van der Waals surface area (Å²) in [5.74, 6) is -2.24. The quantitative estimate of drug-likeness (QED) is 0.659. The molecule has 0 aromatic rings. The van der Waals surface area contributed by atoms with Crippen LogP contribution < -0.4 is 0 Å². The van der Waals surface area contributed by atoms with Gasteiger partial charge in [-0.05, 0) is 26.2 Å². The molecule has 0 radical (unpaired) electrons. The fraction of sp³-hybridized carbons (Fsp3) is 0.778. The summed E-state index contributed by atoms with van der Waals surface area (Å²) >= 11 is 0. The number of aliphatic carboxylic acids is 1. The van der Waals surface area contributed by atoms with Crippen molar-refractivity contribution >= 4 is 11.9 Å². The SMILES string of the molecule is CC(C(=O)O)C(=O)N(C)C1CCC1. The zero-order valence-electron chi connectivity index (χ0n) is 7.99. The molecule has 13 heavy (non-hydrogen) atoms. The molecule has 1 unspecified atom stereocenters. The van der Waals surface area contributed by atoms with Crippen LogP contribution in [0.2, 0.25) is 0 Å². The highest BCUT2D eigenvalue weighted by molar-refractivity contribution is 5.96. The summed E-state index contributed by atoms with van der Waals surface area (Å²) in [6.07, 6.45) is 3.16. The zero-order valence-corrected chi connectivity index (χ0v) is 7.99. The molecular weight excluding hydrogens is 170 g/mol. The van der Waals surface area contributed by atoms with Gasteiger partial charge in [-0.25, -0.2) is 0 Å². The molecule has 0 spiro atoms. The van der Waals surface area contributed by atoms with Crippen molar-refractivity contribution in [2.24, 2.45) is 5.92 Å². The first-order valence-corrected chi connectivity index (χ1v) is 4.53. The fourth-order valence-electron chi connectivity index (χ4n) is 1.37. The predicted octanol–water partition coefficient (Wildman–Crippen LogP) is 0.718. The van der Waals surface area contributed by atoms with Gasteiger partial charge < -0.3 is 10.0 Å². The Bertz CT molecular complexity index is 223. The number of hydrogen-bond donors (Lipinski definition) is 1. The van der Waals surface area contributed by atoms with E-state index in [-0.39, 0.29) is 11.9 Å². The summed E-state index contributed by atoms with van der Waals surface area (Å²) < 4.78 is 0. The third kappa shape index (κ3) is 1.99. The second kappa shape index (κ2) is 3.77. The van der Waals surface area contributed by atoms with Gasteiger partial charge in [0, 0.05) is 13.1 Å². The molecule has 74 valence electrons. The van der Waals surface area contributed by atoms with Crippen molar-refractivity contribution in [2.75, 3.05) is 7.05 Å². The Hall–Kier alpha value is -1.06. The molecule has 0 aliphatic heterocycles. The molecule has 0 bridgehead atoms. The van der Waals surface area contributed by atoms with E-state index in [0.717, 1.165) is 19.3 Å². The predicted molar refractivity (Wildman–Crippen MR) is 47.2 cm³/mol. The third-order valence-corrected chi connectivity index (χ3v) is 2.71. The number of carboxylic acid groups (broad SMARTS) is 1. The van der Waals surface area contributed by atoms with E-state index in [4.69, 9.17) is 5.11 Å². The molecule has 0 aromatic heterocycles. The number of carboxylic acids is 1. The van der Waals surface area contributed by atoms with Crippen LogP contribution in [0.15, 0.2) is 0 Å². The van der Waals surface area contributed by atoms with Gasteiger partial charge in [0.1, 0.15) is 5.92 Å². The lowest BCUT2D eigenvalue weighted by molar-refractivity contribution is -0.151. The van der Waals surface area contributed by atoms with Crippen LogP contribution in [-0.2, 0) is 9.59 Å². The highest BCUT2D eigenvalue weighted by Crippen LogP contribution is 2.24. The number of hydrogen-bond acceptors (Lipinski definition) is 2. The summed E-state index contributed by atoms with van der Waals surface area (Å²) in [5, 5.41) is 8.63. The molecule has 0 heterocycles. The van der Waals surface area contributed by atoms with Crippen LogP contribution >= 0.6 is 0 Å². The smallest absolute Gasteiger partial charge is 0.315 e. The van der Waals surface area contributed by atoms with E-state index < -0.39 is 11.9 Å². The van der Waals surface area contributed by atoms with Crippen LogP contribution in [0.4, 0.5) is 0 Å². The monoisotopic (exact) mass is 185 g/mol. The Labute approximate surface area is 77.5 Å². The van der Waals surface area contributed by atoms with Gasteiger partial charge in [-0.15, -0.1) is 0 Å². The van der Waals surface area contributed by atoms with E-state index in [2.05, 4.69) is 0 Å². The van der Waals surface area contributed by atoms with Gasteiger partial charge in [0.25, 0.3) is 0 Å². The van der Waals surface area contributed by atoms with E-state index in [9.17, 15) is 9.59 Å². The minimum Gasteiger partial charge on any atom is -0.481 e. The van der Waals surface area contributed by atoms with Crippen molar-refractivity contribution in [1.29, 1.82) is 0 Å². The van der Waals surface area contributed by atoms with Gasteiger partial charge >= 0.3 is 5.97 Å². The van der Waals surface area contributed by atoms with Gasteiger partial charge in [0.05, 0.1) is 0 Å². The lowest BCUT2D eigenvalue weighted by Gasteiger charge is -2.35. The fourth-order valence-corrected chi connectivity index (χ4v) is 1.37. The maximum Gasteiger partial charge on any atom is 0.315 e. The largest absolute Gasteiger partial charge is 0.481 e. The Morgan fingerprint density at radius 2 is 2.00 bits per heavy atom. The van der Waals surface area contributed by atoms with Crippen LogP contribution in [0.5, 0.6) is 0 Å². The summed E-state index contributed by atoms with van der Waals surface area (Å²) in [6, 6.07) is 0.272. The summed E-state index contributed by atoms with van der Waals surface area (Å²) in [4.78, 5) is 23.6. The van der Waals surface area contributed by atoms with Gasteiger partial charge in [-0.1, -0.05) is 0 Å². The number of rotatable bonds is 3. The van der Waals surface area contributed by atoms with Crippen molar-refractivity contribution in [3.8, 4) is 0 Å². The molecular formula is C9H15NO3. The van der Waals surface area contributed by atoms with E-state index >= 15 is 0 Å². The Morgan fingerprint density at radius 1 is 1.46 bits per heavy atom. The standard InChI is InChI=1S/C9H15NO3/c1-6(9(12)13)8(11)10(2)7-4-3-5-7/h6-7H,3-5H2,1-2H3,(H,12,13). The molecule has 0 aromatic carbocycles. The summed E-state index contributed by atoms with van der Waals surface area (Å²) in [7, 11) is 1.69. The van der Waals surface area contributed by atoms with E-state index in [1.807, 2.05) is 0 Å². The lowest BCUT2D eigenvalue weighted by Crippen LogP contribution is -2.45. The molecule has 1 amide bonds. The van der Waals surface area contributed by atoms with Gasteiger partial charge in [0.15, 0.2) is 0 Å². The molecule has 1 aliphatic carbocycles. The van der Waals surface area contributed by atoms with E-state index in [1.54, 1.807) is 11.9 Å². The second-order valence-corrected chi connectivity index (χ2v) is 3.59. The first kappa shape index (κ1) is 10.0. The first-order valence-electron chi connectivity index (χ1n) is 4.53. The van der Waals surface area contributed by atoms with Crippen LogP contribution in [0, 0.1) is 5.92 Å². The Morgan fingerprint density at radius 3 is 2.31 bits per heavy atom. The second-order valence-electron chi connectivity index (χ2n) is 3.59. The highest BCUT2D eigenvalue weighted by Gasteiger charge is 2.31. The molecule has 0 saturated heterocycles. The average molecular weight is 185 g/mol. The Kier molecular flexibility index (Phi) is 2.90. The lowest BCUT2D eigenvalue weighted by atomic mass is 9.91. The minimum atomic E-state index is -1.05. The highest BCUT2D eigenvalue weighted by atomic mass is 16.4. The van der Waals surface area contributed by atoms with Crippen LogP contribution in [0.3, 0.4) is 0 Å². The van der Waals surface area contributed by atoms with Crippen molar-refractivity contribution in [1.82, 2.24) is 4.90 Å². The van der Waals surface area contributed by atoms with Crippen LogP contribution in [0.25, 0.3) is 0 Å². The number of carbonyl (C=O) groups is 2. The summed E-state index contributed by atoms with van der Waals surface area (Å²) in [6.45, 7) is 1.43. The Balaban J connectivity index is 2.50. The minimum absolute atomic E-state index is 0.272. The number of carbonyl (C=O) groups excluding carboxylic acids is 1. The van der Waals surface area contributed by atoms with Gasteiger partial charge in [-0.3, -0.25) is 9.59 Å². The molecule has 4 nitrogen and oxygen atoms in total. The molecule has 1 saturated carbocycles. The summed E-state index contributed by atoms with van der Waals surface area (Å²) in [5.41, 5.74) is 0. The van der Waals surface area contributed by atoms with Crippen molar-refractivity contribution in [3.63, 3.8) is 0 Å².